The molecule has 1 fully saturated rings. The van der Waals surface area contributed by atoms with Gasteiger partial charge in [0.2, 0.25) is 0 Å². The van der Waals surface area contributed by atoms with E-state index in [1.165, 1.54) is 18.2 Å². The van der Waals surface area contributed by atoms with Crippen LogP contribution in [0.3, 0.4) is 0 Å². The first-order chi connectivity index (χ1) is 16.0. The number of amides is 1. The van der Waals surface area contributed by atoms with E-state index < -0.39 is 5.91 Å². The number of hydroxylamine groups is 1. The van der Waals surface area contributed by atoms with Crippen LogP contribution >= 0.6 is 0 Å². The molecule has 2 N–H and O–H groups in total. The largest absolute Gasteiger partial charge is 0.323 e. The summed E-state index contributed by atoms with van der Waals surface area (Å²) in [4.78, 5) is 19.1. The van der Waals surface area contributed by atoms with Gasteiger partial charge >= 0.3 is 0 Å². The van der Waals surface area contributed by atoms with Crippen molar-refractivity contribution in [3.63, 3.8) is 0 Å². The Kier molecular flexibility index (Phi) is 7.06. The van der Waals surface area contributed by atoms with Crippen LogP contribution in [0.25, 0.3) is 28.7 Å². The van der Waals surface area contributed by atoms with Crippen molar-refractivity contribution < 1.29 is 10.0 Å². The van der Waals surface area contributed by atoms with Gasteiger partial charge in [-0.3, -0.25) is 14.9 Å². The highest BCUT2D eigenvalue weighted by Crippen LogP contribution is 2.35. The predicted molar refractivity (Wildman–Crippen MR) is 132 cm³/mol. The van der Waals surface area contributed by atoms with Crippen molar-refractivity contribution in [2.75, 3.05) is 13.1 Å². The normalized spacial score (nSPS) is 17.1. The van der Waals surface area contributed by atoms with E-state index in [2.05, 4.69) is 48.4 Å². The van der Waals surface area contributed by atoms with Crippen LogP contribution < -0.4 is 5.48 Å². The van der Waals surface area contributed by atoms with Crippen LogP contribution in [-0.2, 0) is 4.79 Å². The first-order valence-electron chi connectivity index (χ1n) is 11.6. The van der Waals surface area contributed by atoms with Crippen molar-refractivity contribution in [3.05, 3.63) is 71.9 Å². The monoisotopic (exact) mass is 444 g/mol. The summed E-state index contributed by atoms with van der Waals surface area (Å²) in [5.41, 5.74) is 6.80. The van der Waals surface area contributed by atoms with E-state index in [9.17, 15) is 4.79 Å². The number of nitrogens with one attached hydrogen (secondary N) is 1. The van der Waals surface area contributed by atoms with Gasteiger partial charge in [0.1, 0.15) is 5.82 Å². The number of hydrogen-bond acceptors (Lipinski definition) is 4. The Hall–Kier alpha value is -3.22. The third kappa shape index (κ3) is 5.07. The fourth-order valence-electron chi connectivity index (χ4n) is 4.69. The molecule has 2 aromatic carbocycles. The number of imidazole rings is 1. The van der Waals surface area contributed by atoms with Crippen LogP contribution in [-0.4, -0.2) is 44.7 Å². The second-order valence-electron chi connectivity index (χ2n) is 8.93. The lowest BCUT2D eigenvalue weighted by Gasteiger charge is -2.37. The van der Waals surface area contributed by atoms with Gasteiger partial charge < -0.3 is 4.57 Å². The number of nitrogens with zero attached hydrogens (tertiary/aromatic N) is 3. The van der Waals surface area contributed by atoms with E-state index in [1.807, 2.05) is 36.4 Å². The SMILES string of the molecule is Cc1c(-c2ccccc2)nc(-c2cccc(/C=C/C(=O)NO)c2)n1[C@@H]1CCCN(C(C)C)C1. The van der Waals surface area contributed by atoms with Crippen molar-refractivity contribution in [2.24, 2.45) is 0 Å². The predicted octanol–water partition coefficient (Wildman–Crippen LogP) is 5.09. The second kappa shape index (κ2) is 10.1. The van der Waals surface area contributed by atoms with E-state index >= 15 is 0 Å². The van der Waals surface area contributed by atoms with Crippen molar-refractivity contribution in [1.29, 1.82) is 0 Å². The Bertz CT molecular complexity index is 1130. The number of hydrogen-bond donors (Lipinski definition) is 2. The third-order valence-electron chi connectivity index (χ3n) is 6.40. The highest BCUT2D eigenvalue weighted by atomic mass is 16.5. The second-order valence-corrected chi connectivity index (χ2v) is 8.93. The highest BCUT2D eigenvalue weighted by Gasteiger charge is 2.28. The number of carbonyl (C=O) groups excluding carboxylic acids is 1. The van der Waals surface area contributed by atoms with Crippen molar-refractivity contribution in [1.82, 2.24) is 19.9 Å². The molecular formula is C27H32N4O2. The summed E-state index contributed by atoms with van der Waals surface area (Å²) in [6, 6.07) is 19.2. The number of rotatable bonds is 6. The lowest BCUT2D eigenvalue weighted by molar-refractivity contribution is -0.124. The fraction of sp³-hybridized carbons (Fsp3) is 0.333. The van der Waals surface area contributed by atoms with Crippen LogP contribution in [0.1, 0.15) is 44.0 Å². The summed E-state index contributed by atoms with van der Waals surface area (Å²) in [6.07, 6.45) is 5.29. The molecule has 0 unspecified atom stereocenters. The zero-order valence-corrected chi connectivity index (χ0v) is 19.5. The number of piperidine rings is 1. The number of benzene rings is 2. The lowest BCUT2D eigenvalue weighted by Crippen LogP contribution is -2.41. The maximum absolute atomic E-state index is 11.4. The summed E-state index contributed by atoms with van der Waals surface area (Å²) in [5.74, 6) is 0.393. The summed E-state index contributed by atoms with van der Waals surface area (Å²) in [6.45, 7) is 8.83. The highest BCUT2D eigenvalue weighted by molar-refractivity contribution is 5.91. The van der Waals surface area contributed by atoms with E-state index in [1.54, 1.807) is 11.6 Å². The third-order valence-corrected chi connectivity index (χ3v) is 6.40. The fourth-order valence-corrected chi connectivity index (χ4v) is 4.69. The average Bonchev–Trinajstić information content (AvgIpc) is 3.20. The van der Waals surface area contributed by atoms with Gasteiger partial charge in [0.25, 0.3) is 5.91 Å². The van der Waals surface area contributed by atoms with Crippen LogP contribution in [0.2, 0.25) is 0 Å². The first kappa shape index (κ1) is 23.0. The molecule has 172 valence electrons. The smallest absolute Gasteiger partial charge is 0.267 e. The van der Waals surface area contributed by atoms with Crippen LogP contribution in [0, 0.1) is 6.92 Å². The molecule has 1 aliphatic rings. The molecule has 0 spiro atoms. The van der Waals surface area contributed by atoms with Gasteiger partial charge in [0.15, 0.2) is 0 Å². The van der Waals surface area contributed by atoms with Gasteiger partial charge in [-0.05, 0) is 57.9 Å². The topological polar surface area (TPSA) is 70.4 Å². The zero-order valence-electron chi connectivity index (χ0n) is 19.5. The molecule has 0 aliphatic carbocycles. The molecule has 3 aromatic rings. The lowest BCUT2D eigenvalue weighted by atomic mass is 10.0. The van der Waals surface area contributed by atoms with Crippen molar-refractivity contribution in [2.45, 2.75) is 45.7 Å². The van der Waals surface area contributed by atoms with E-state index in [0.29, 0.717) is 12.1 Å². The Morgan fingerprint density at radius 3 is 2.64 bits per heavy atom. The van der Waals surface area contributed by atoms with E-state index in [4.69, 9.17) is 10.2 Å². The summed E-state index contributed by atoms with van der Waals surface area (Å²) in [5, 5.41) is 8.76. The van der Waals surface area contributed by atoms with Crippen molar-refractivity contribution in [3.8, 4) is 22.6 Å². The van der Waals surface area contributed by atoms with Gasteiger partial charge in [0, 0.05) is 41.5 Å². The Balaban J connectivity index is 1.80. The van der Waals surface area contributed by atoms with E-state index in [0.717, 1.165) is 47.7 Å². The van der Waals surface area contributed by atoms with Gasteiger partial charge in [-0.15, -0.1) is 0 Å². The van der Waals surface area contributed by atoms with Crippen molar-refractivity contribution >= 4 is 12.0 Å². The average molecular weight is 445 g/mol. The first-order valence-corrected chi connectivity index (χ1v) is 11.6. The quantitative estimate of drug-likeness (QED) is 0.316. The Morgan fingerprint density at radius 2 is 1.91 bits per heavy atom. The standard InChI is InChI=1S/C27H32N4O2/c1-19(2)30-16-8-13-24(18-30)31-20(3)26(22-10-5-4-6-11-22)28-27(31)23-12-7-9-21(17-23)14-15-25(32)29-33/h4-7,9-12,14-15,17,19,24,33H,8,13,16,18H2,1-3H3,(H,29,32)/b15-14+/t24-/m1/s1. The van der Waals surface area contributed by atoms with Crippen LogP contribution in [0.15, 0.2) is 60.7 Å². The van der Waals surface area contributed by atoms with E-state index in [-0.39, 0.29) is 0 Å². The molecule has 6 nitrogen and oxygen atoms in total. The maximum atomic E-state index is 11.4. The van der Waals surface area contributed by atoms with Crippen LogP contribution in [0.5, 0.6) is 0 Å². The minimum Gasteiger partial charge on any atom is -0.323 e. The maximum Gasteiger partial charge on any atom is 0.267 e. The molecular weight excluding hydrogens is 412 g/mol. The van der Waals surface area contributed by atoms with Gasteiger partial charge in [-0.25, -0.2) is 10.5 Å². The number of carbonyl (C=O) groups is 1. The minimum absolute atomic E-state index is 0.348. The minimum atomic E-state index is -0.555. The summed E-state index contributed by atoms with van der Waals surface area (Å²) < 4.78 is 2.42. The number of likely N-dealkylation sites (tertiary alicyclic amines) is 1. The molecule has 1 atom stereocenters. The molecule has 4 rings (SSSR count). The molecule has 33 heavy (non-hydrogen) atoms. The van der Waals surface area contributed by atoms with Gasteiger partial charge in [-0.2, -0.15) is 0 Å². The van der Waals surface area contributed by atoms with Gasteiger partial charge in [-0.1, -0.05) is 48.5 Å². The van der Waals surface area contributed by atoms with Crippen LogP contribution in [0.4, 0.5) is 0 Å². The molecule has 1 saturated heterocycles. The molecule has 1 aromatic heterocycles. The summed E-state index contributed by atoms with van der Waals surface area (Å²) >= 11 is 0. The molecule has 1 aliphatic heterocycles. The Labute approximate surface area is 195 Å². The molecule has 0 radical (unpaired) electrons. The zero-order chi connectivity index (χ0) is 23.4. The molecule has 0 bridgehead atoms. The summed E-state index contributed by atoms with van der Waals surface area (Å²) in [7, 11) is 0. The Morgan fingerprint density at radius 1 is 1.15 bits per heavy atom. The molecule has 0 saturated carbocycles. The molecule has 2 heterocycles. The van der Waals surface area contributed by atoms with Gasteiger partial charge in [0.05, 0.1) is 5.69 Å². The number of aromatic nitrogens is 2. The molecule has 6 heteroatoms. The molecule has 1 amide bonds.